The van der Waals surface area contributed by atoms with Crippen LogP contribution in [0.1, 0.15) is 24.5 Å². The van der Waals surface area contributed by atoms with Gasteiger partial charge in [0.1, 0.15) is 0 Å². The average molecular weight is 173 g/mol. The molecule has 1 aliphatic carbocycles. The highest BCUT2D eigenvalue weighted by Gasteiger charge is 2.17. The van der Waals surface area contributed by atoms with Crippen LogP contribution in [0.5, 0.6) is 0 Å². The molecule has 0 amide bonds. The van der Waals surface area contributed by atoms with Crippen LogP contribution in [0.2, 0.25) is 0 Å². The smallest absolute Gasteiger partial charge is 0.156 e. The van der Waals surface area contributed by atoms with Crippen LogP contribution in [0.25, 0.3) is 0 Å². The van der Waals surface area contributed by atoms with Crippen molar-refractivity contribution in [2.45, 2.75) is 18.8 Å². The summed E-state index contributed by atoms with van der Waals surface area (Å²) in [6, 6.07) is 5.84. The second-order valence-corrected chi connectivity index (χ2v) is 3.26. The number of hydrogen-bond acceptors (Lipinski definition) is 2. The Kier molecular flexibility index (Phi) is 2.21. The molecule has 0 aromatic carbocycles. The number of carbonyl (C=O) groups excluding carboxylic acids is 1. The molecule has 1 aliphatic rings. The largest absolute Gasteiger partial charge is 0.295 e. The molecular weight excluding hydrogens is 162 g/mol. The Balaban J connectivity index is 2.19. The first-order chi connectivity index (χ1) is 6.36. The van der Waals surface area contributed by atoms with Crippen LogP contribution in [0.15, 0.2) is 36.5 Å². The van der Waals surface area contributed by atoms with Crippen LogP contribution < -0.4 is 0 Å². The van der Waals surface area contributed by atoms with Crippen molar-refractivity contribution in [2.75, 3.05) is 0 Å². The Morgan fingerprint density at radius 2 is 2.31 bits per heavy atom. The summed E-state index contributed by atoms with van der Waals surface area (Å²) in [7, 11) is 0. The Morgan fingerprint density at radius 1 is 1.38 bits per heavy atom. The predicted molar refractivity (Wildman–Crippen MR) is 50.4 cm³/mol. The minimum absolute atomic E-state index is 0.210. The number of rotatable bonds is 1. The molecule has 0 saturated heterocycles. The van der Waals surface area contributed by atoms with E-state index in [-0.39, 0.29) is 5.78 Å². The molecule has 0 spiro atoms. The average Bonchev–Trinajstić information content (AvgIpc) is 2.19. The van der Waals surface area contributed by atoms with Gasteiger partial charge in [0.2, 0.25) is 0 Å². The van der Waals surface area contributed by atoms with Crippen LogP contribution in [0.4, 0.5) is 0 Å². The van der Waals surface area contributed by atoms with Crippen molar-refractivity contribution >= 4 is 5.78 Å². The molecule has 2 rings (SSSR count). The Hall–Kier alpha value is -1.44. The standard InChI is InChI=1S/C11H11NO/c13-10-5-3-4-9(8-10)11-6-1-2-7-12-11/h1-3,5-7,9H,4,8H2. The number of carbonyl (C=O) groups is 1. The molecule has 0 fully saturated rings. The van der Waals surface area contributed by atoms with Gasteiger partial charge in [-0.3, -0.25) is 9.78 Å². The third-order valence-electron chi connectivity index (χ3n) is 2.28. The van der Waals surface area contributed by atoms with Crippen molar-refractivity contribution < 1.29 is 4.79 Å². The first kappa shape index (κ1) is 8.17. The molecule has 13 heavy (non-hydrogen) atoms. The van der Waals surface area contributed by atoms with E-state index in [1.54, 1.807) is 12.3 Å². The highest BCUT2D eigenvalue weighted by atomic mass is 16.1. The molecule has 66 valence electrons. The summed E-state index contributed by atoms with van der Waals surface area (Å²) in [5.74, 6) is 0.501. The quantitative estimate of drug-likeness (QED) is 0.650. The Bertz CT molecular complexity index is 329. The molecule has 0 bridgehead atoms. The number of ketones is 1. The second kappa shape index (κ2) is 3.52. The summed E-state index contributed by atoms with van der Waals surface area (Å²) in [6.45, 7) is 0. The zero-order valence-electron chi connectivity index (χ0n) is 7.31. The first-order valence-corrected chi connectivity index (χ1v) is 4.46. The third kappa shape index (κ3) is 1.83. The van der Waals surface area contributed by atoms with Crippen LogP contribution >= 0.6 is 0 Å². The summed E-state index contributed by atoms with van der Waals surface area (Å²) in [4.78, 5) is 15.4. The first-order valence-electron chi connectivity index (χ1n) is 4.46. The molecule has 0 aliphatic heterocycles. The van der Waals surface area contributed by atoms with E-state index in [1.165, 1.54) is 0 Å². The molecule has 1 heterocycles. The second-order valence-electron chi connectivity index (χ2n) is 3.26. The highest BCUT2D eigenvalue weighted by Crippen LogP contribution is 2.25. The van der Waals surface area contributed by atoms with E-state index in [2.05, 4.69) is 4.98 Å². The summed E-state index contributed by atoms with van der Waals surface area (Å²) < 4.78 is 0. The van der Waals surface area contributed by atoms with Gasteiger partial charge >= 0.3 is 0 Å². The monoisotopic (exact) mass is 173 g/mol. The lowest BCUT2D eigenvalue weighted by molar-refractivity contribution is -0.115. The van der Waals surface area contributed by atoms with Crippen LogP contribution in [0.3, 0.4) is 0 Å². The topological polar surface area (TPSA) is 30.0 Å². The maximum atomic E-state index is 11.1. The van der Waals surface area contributed by atoms with Gasteiger partial charge in [-0.2, -0.15) is 0 Å². The van der Waals surface area contributed by atoms with Gasteiger partial charge in [-0.15, -0.1) is 0 Å². The fourth-order valence-corrected chi connectivity index (χ4v) is 1.60. The Labute approximate surface area is 77.3 Å². The highest BCUT2D eigenvalue weighted by molar-refractivity contribution is 5.91. The van der Waals surface area contributed by atoms with Crippen LogP contribution in [-0.4, -0.2) is 10.8 Å². The van der Waals surface area contributed by atoms with Gasteiger partial charge in [0.05, 0.1) is 0 Å². The van der Waals surface area contributed by atoms with E-state index in [0.717, 1.165) is 12.1 Å². The predicted octanol–water partition coefficient (Wildman–Crippen LogP) is 2.08. The van der Waals surface area contributed by atoms with Gasteiger partial charge in [0, 0.05) is 24.2 Å². The van der Waals surface area contributed by atoms with E-state index in [1.807, 2.05) is 24.3 Å². The van der Waals surface area contributed by atoms with Gasteiger partial charge < -0.3 is 0 Å². The maximum Gasteiger partial charge on any atom is 0.156 e. The molecule has 2 heteroatoms. The van der Waals surface area contributed by atoms with E-state index in [9.17, 15) is 4.79 Å². The number of nitrogens with zero attached hydrogens (tertiary/aromatic N) is 1. The molecule has 0 radical (unpaired) electrons. The van der Waals surface area contributed by atoms with Crippen molar-refractivity contribution in [1.82, 2.24) is 4.98 Å². The fraction of sp³-hybridized carbons (Fsp3) is 0.273. The van der Waals surface area contributed by atoms with Crippen molar-refractivity contribution in [3.8, 4) is 0 Å². The van der Waals surface area contributed by atoms with Crippen molar-refractivity contribution in [1.29, 1.82) is 0 Å². The molecule has 1 unspecified atom stereocenters. The summed E-state index contributed by atoms with van der Waals surface area (Å²) in [5, 5.41) is 0. The van der Waals surface area contributed by atoms with Gasteiger partial charge in [-0.05, 0) is 24.6 Å². The molecule has 0 saturated carbocycles. The van der Waals surface area contributed by atoms with E-state index >= 15 is 0 Å². The van der Waals surface area contributed by atoms with E-state index in [4.69, 9.17) is 0 Å². The summed E-state index contributed by atoms with van der Waals surface area (Å²) in [6.07, 6.45) is 6.92. The van der Waals surface area contributed by atoms with Gasteiger partial charge in [0.25, 0.3) is 0 Å². The van der Waals surface area contributed by atoms with Gasteiger partial charge in [0.15, 0.2) is 5.78 Å². The minimum atomic E-state index is 0.210. The number of hydrogen-bond donors (Lipinski definition) is 0. The fourth-order valence-electron chi connectivity index (χ4n) is 1.60. The van der Waals surface area contributed by atoms with Crippen molar-refractivity contribution in [3.63, 3.8) is 0 Å². The molecule has 1 aromatic heterocycles. The minimum Gasteiger partial charge on any atom is -0.295 e. The summed E-state index contributed by atoms with van der Waals surface area (Å²) >= 11 is 0. The third-order valence-corrected chi connectivity index (χ3v) is 2.28. The molecular formula is C11H11NO. The van der Waals surface area contributed by atoms with Gasteiger partial charge in [-0.1, -0.05) is 12.1 Å². The molecule has 2 nitrogen and oxygen atoms in total. The van der Waals surface area contributed by atoms with Gasteiger partial charge in [-0.25, -0.2) is 0 Å². The maximum absolute atomic E-state index is 11.1. The zero-order valence-corrected chi connectivity index (χ0v) is 7.31. The SMILES string of the molecule is O=C1C=CCC(c2ccccn2)C1. The summed E-state index contributed by atoms with van der Waals surface area (Å²) in [5.41, 5.74) is 1.03. The number of pyridine rings is 1. The van der Waals surface area contributed by atoms with Crippen molar-refractivity contribution in [3.05, 3.63) is 42.2 Å². The van der Waals surface area contributed by atoms with Crippen LogP contribution in [0, 0.1) is 0 Å². The number of aromatic nitrogens is 1. The lowest BCUT2D eigenvalue weighted by Crippen LogP contribution is -2.09. The molecule has 1 aromatic rings. The van der Waals surface area contributed by atoms with Crippen LogP contribution in [-0.2, 0) is 4.79 Å². The number of allylic oxidation sites excluding steroid dienone is 2. The Morgan fingerprint density at radius 3 is 3.00 bits per heavy atom. The van der Waals surface area contributed by atoms with E-state index in [0.29, 0.717) is 12.3 Å². The van der Waals surface area contributed by atoms with Crippen molar-refractivity contribution in [2.24, 2.45) is 0 Å². The normalized spacial score (nSPS) is 21.8. The molecule has 1 atom stereocenters. The lowest BCUT2D eigenvalue weighted by Gasteiger charge is -2.15. The zero-order chi connectivity index (χ0) is 9.10. The lowest BCUT2D eigenvalue weighted by atomic mass is 9.90. The molecule has 0 N–H and O–H groups in total. The van der Waals surface area contributed by atoms with E-state index < -0.39 is 0 Å².